The third kappa shape index (κ3) is 5.99. The van der Waals surface area contributed by atoms with E-state index in [-0.39, 0.29) is 28.1 Å². The molecule has 150 valence electrons. The van der Waals surface area contributed by atoms with Gasteiger partial charge < -0.3 is 19.9 Å². The first-order valence-corrected chi connectivity index (χ1v) is 8.93. The number of halogens is 1. The molecule has 0 spiro atoms. The Morgan fingerprint density at radius 2 is 2.00 bits per heavy atom. The monoisotopic (exact) mass is 414 g/mol. The van der Waals surface area contributed by atoms with Gasteiger partial charge in [-0.25, -0.2) is 4.79 Å². The summed E-state index contributed by atoms with van der Waals surface area (Å²) in [4.78, 5) is 23.2. The van der Waals surface area contributed by atoms with Crippen molar-refractivity contribution < 1.29 is 24.2 Å². The largest absolute Gasteiger partial charge is 0.493 e. The van der Waals surface area contributed by atoms with E-state index in [1.54, 1.807) is 0 Å². The number of ether oxygens (including phenoxy) is 2. The highest BCUT2D eigenvalue weighted by atomic mass is 35.5. The molecule has 0 aromatic heterocycles. The SMILES string of the molecule is COc1cc(/C=C(/C#N)C(=O)N[C@@H](C)c2ccccc2)cc(Cl)c1OCC(=O)O. The lowest BCUT2D eigenvalue weighted by atomic mass is 10.1. The van der Waals surface area contributed by atoms with Gasteiger partial charge in [0.1, 0.15) is 11.6 Å². The van der Waals surface area contributed by atoms with Gasteiger partial charge in [0.15, 0.2) is 18.1 Å². The zero-order valence-corrected chi connectivity index (χ0v) is 16.6. The molecule has 2 N–H and O–H groups in total. The highest BCUT2D eigenvalue weighted by Gasteiger charge is 2.16. The van der Waals surface area contributed by atoms with Crippen LogP contribution in [0, 0.1) is 11.3 Å². The van der Waals surface area contributed by atoms with E-state index < -0.39 is 18.5 Å². The standard InChI is InChI=1S/C21H19ClN2O5/c1-13(15-6-4-3-5-7-15)24-21(27)16(11-23)8-14-9-17(22)20(18(10-14)28-2)29-12-19(25)26/h3-10,13H,12H2,1-2H3,(H,24,27)(H,25,26)/b16-8-/t13-/m0/s1. The Bertz CT molecular complexity index is 967. The lowest BCUT2D eigenvalue weighted by Gasteiger charge is -2.14. The molecule has 1 atom stereocenters. The number of amides is 1. The maximum absolute atomic E-state index is 12.5. The number of hydrogen-bond acceptors (Lipinski definition) is 5. The minimum Gasteiger partial charge on any atom is -0.493 e. The van der Waals surface area contributed by atoms with Crippen LogP contribution in [0.4, 0.5) is 0 Å². The van der Waals surface area contributed by atoms with Crippen LogP contribution in [0.2, 0.25) is 5.02 Å². The van der Waals surface area contributed by atoms with Gasteiger partial charge in [-0.2, -0.15) is 5.26 Å². The Labute approximate surface area is 173 Å². The molecule has 0 fully saturated rings. The first-order valence-electron chi connectivity index (χ1n) is 8.55. The first kappa shape index (κ1) is 21.8. The average molecular weight is 415 g/mol. The molecular formula is C21H19ClN2O5. The van der Waals surface area contributed by atoms with Crippen LogP contribution < -0.4 is 14.8 Å². The van der Waals surface area contributed by atoms with Crippen LogP contribution in [0.1, 0.15) is 24.1 Å². The smallest absolute Gasteiger partial charge is 0.341 e. The normalized spacial score (nSPS) is 11.9. The van der Waals surface area contributed by atoms with Gasteiger partial charge >= 0.3 is 5.97 Å². The predicted octanol–water partition coefficient (Wildman–Crippen LogP) is 3.60. The molecule has 0 aliphatic heterocycles. The summed E-state index contributed by atoms with van der Waals surface area (Å²) in [6.07, 6.45) is 1.36. The van der Waals surface area contributed by atoms with Crippen molar-refractivity contribution in [3.63, 3.8) is 0 Å². The zero-order chi connectivity index (χ0) is 21.4. The minimum atomic E-state index is -1.16. The van der Waals surface area contributed by atoms with E-state index in [0.717, 1.165) is 5.56 Å². The van der Waals surface area contributed by atoms with Crippen molar-refractivity contribution in [2.45, 2.75) is 13.0 Å². The second kappa shape index (κ2) is 10.2. The van der Waals surface area contributed by atoms with Crippen LogP contribution in [0.25, 0.3) is 6.08 Å². The zero-order valence-electron chi connectivity index (χ0n) is 15.8. The van der Waals surface area contributed by atoms with Crippen molar-refractivity contribution >= 4 is 29.6 Å². The van der Waals surface area contributed by atoms with E-state index in [4.69, 9.17) is 26.2 Å². The Hall–Kier alpha value is -3.50. The number of nitriles is 1. The molecule has 8 heteroatoms. The fourth-order valence-electron chi connectivity index (χ4n) is 2.51. The number of carbonyl (C=O) groups is 2. The summed E-state index contributed by atoms with van der Waals surface area (Å²) in [6.45, 7) is 1.23. The molecule has 2 rings (SSSR count). The molecule has 2 aromatic rings. The van der Waals surface area contributed by atoms with Crippen molar-refractivity contribution in [1.82, 2.24) is 5.32 Å². The van der Waals surface area contributed by atoms with E-state index in [0.29, 0.717) is 5.56 Å². The van der Waals surface area contributed by atoms with Crippen LogP contribution in [0.5, 0.6) is 11.5 Å². The summed E-state index contributed by atoms with van der Waals surface area (Å²) < 4.78 is 10.3. The lowest BCUT2D eigenvalue weighted by molar-refractivity contribution is -0.139. The van der Waals surface area contributed by atoms with Gasteiger partial charge in [0.25, 0.3) is 5.91 Å². The molecule has 0 aliphatic rings. The van der Waals surface area contributed by atoms with Crippen LogP contribution in [-0.2, 0) is 9.59 Å². The summed E-state index contributed by atoms with van der Waals surface area (Å²) in [5.74, 6) is -1.46. The fraction of sp³-hybridized carbons (Fsp3) is 0.190. The number of benzene rings is 2. The Kier molecular flexibility index (Phi) is 7.63. The quantitative estimate of drug-likeness (QED) is 0.504. The van der Waals surface area contributed by atoms with Crippen molar-refractivity contribution in [2.24, 2.45) is 0 Å². The highest BCUT2D eigenvalue weighted by molar-refractivity contribution is 6.32. The van der Waals surface area contributed by atoms with Crippen molar-refractivity contribution in [3.05, 3.63) is 64.2 Å². The van der Waals surface area contributed by atoms with Gasteiger partial charge in [0.2, 0.25) is 0 Å². The average Bonchev–Trinajstić information content (AvgIpc) is 2.71. The predicted molar refractivity (Wildman–Crippen MR) is 108 cm³/mol. The second-order valence-electron chi connectivity index (χ2n) is 5.99. The summed E-state index contributed by atoms with van der Waals surface area (Å²) in [7, 11) is 1.37. The van der Waals surface area contributed by atoms with Gasteiger partial charge in [-0.1, -0.05) is 41.9 Å². The Balaban J connectivity index is 2.25. The third-order valence-corrected chi connectivity index (χ3v) is 4.20. The number of methoxy groups -OCH3 is 1. The number of aliphatic carboxylic acids is 1. The number of hydrogen-bond donors (Lipinski definition) is 2. The molecular weight excluding hydrogens is 396 g/mol. The molecule has 2 aromatic carbocycles. The van der Waals surface area contributed by atoms with E-state index in [1.165, 1.54) is 25.3 Å². The van der Waals surface area contributed by atoms with Gasteiger partial charge in [0, 0.05) is 0 Å². The Morgan fingerprint density at radius 1 is 1.31 bits per heavy atom. The molecule has 0 saturated carbocycles. The first-order chi connectivity index (χ1) is 13.8. The van der Waals surface area contributed by atoms with Gasteiger partial charge in [0.05, 0.1) is 18.2 Å². The number of nitrogens with zero attached hydrogens (tertiary/aromatic N) is 1. The summed E-state index contributed by atoms with van der Waals surface area (Å²) in [5, 5.41) is 21.0. The maximum Gasteiger partial charge on any atom is 0.341 e. The molecule has 0 heterocycles. The van der Waals surface area contributed by atoms with Gasteiger partial charge in [-0.15, -0.1) is 0 Å². The molecule has 0 bridgehead atoms. The fourth-order valence-corrected chi connectivity index (χ4v) is 2.79. The lowest BCUT2D eigenvalue weighted by Crippen LogP contribution is -2.27. The number of nitrogens with one attached hydrogen (secondary N) is 1. The minimum absolute atomic E-state index is 0.0642. The molecule has 7 nitrogen and oxygen atoms in total. The van der Waals surface area contributed by atoms with Crippen molar-refractivity contribution in [2.75, 3.05) is 13.7 Å². The van der Waals surface area contributed by atoms with E-state index in [9.17, 15) is 14.9 Å². The van der Waals surface area contributed by atoms with Gasteiger partial charge in [-0.05, 0) is 36.3 Å². The highest BCUT2D eigenvalue weighted by Crippen LogP contribution is 2.37. The maximum atomic E-state index is 12.5. The van der Waals surface area contributed by atoms with E-state index in [2.05, 4.69) is 5.32 Å². The molecule has 0 aliphatic carbocycles. The number of carbonyl (C=O) groups excluding carboxylic acids is 1. The van der Waals surface area contributed by atoms with Crippen LogP contribution in [0.15, 0.2) is 48.0 Å². The number of carboxylic acid groups (broad SMARTS) is 1. The van der Waals surface area contributed by atoms with E-state index in [1.807, 2.05) is 43.3 Å². The van der Waals surface area contributed by atoms with Crippen LogP contribution >= 0.6 is 11.6 Å². The number of rotatable bonds is 8. The third-order valence-electron chi connectivity index (χ3n) is 3.92. The summed E-state index contributed by atoms with van der Waals surface area (Å²) in [5.41, 5.74) is 1.21. The van der Waals surface area contributed by atoms with Crippen LogP contribution in [-0.4, -0.2) is 30.7 Å². The number of carboxylic acids is 1. The van der Waals surface area contributed by atoms with Crippen molar-refractivity contribution in [1.29, 1.82) is 5.26 Å². The van der Waals surface area contributed by atoms with Crippen LogP contribution in [0.3, 0.4) is 0 Å². The van der Waals surface area contributed by atoms with Gasteiger partial charge in [-0.3, -0.25) is 4.79 Å². The summed E-state index contributed by atoms with van der Waals surface area (Å²) in [6, 6.07) is 13.9. The summed E-state index contributed by atoms with van der Waals surface area (Å²) >= 11 is 6.16. The molecule has 0 radical (unpaired) electrons. The molecule has 1 amide bonds. The second-order valence-corrected chi connectivity index (χ2v) is 6.40. The Morgan fingerprint density at radius 3 is 2.59 bits per heavy atom. The topological polar surface area (TPSA) is 109 Å². The molecule has 29 heavy (non-hydrogen) atoms. The van der Waals surface area contributed by atoms with Crippen molar-refractivity contribution in [3.8, 4) is 17.6 Å². The van der Waals surface area contributed by atoms with E-state index >= 15 is 0 Å². The molecule has 0 unspecified atom stereocenters. The molecule has 0 saturated heterocycles.